The molecule has 236 valence electrons. The van der Waals surface area contributed by atoms with Crippen molar-refractivity contribution in [1.29, 1.82) is 0 Å². The number of halogens is 1. The SMILES string of the molecule is CC.CC.CCCC1=C(C(C)C)NC(OC)=NC1CC.CCCCCC(C)CC.Cc1cccc2cccc(Cl)c12. The highest BCUT2D eigenvalue weighted by atomic mass is 35.5. The molecule has 3 nitrogen and oxygen atoms in total. The Bertz CT molecular complexity index is 943. The molecule has 0 saturated carbocycles. The van der Waals surface area contributed by atoms with E-state index in [2.05, 4.69) is 83.9 Å². The monoisotopic (exact) mass is 588 g/mol. The molecule has 41 heavy (non-hydrogen) atoms. The Morgan fingerprint density at radius 2 is 1.51 bits per heavy atom. The molecule has 0 aromatic heterocycles. The fraction of sp³-hybridized carbons (Fsp3) is 0.649. The summed E-state index contributed by atoms with van der Waals surface area (Å²) in [6, 6.07) is 13.1. The first-order valence-electron chi connectivity index (χ1n) is 16.5. The first-order valence-corrected chi connectivity index (χ1v) is 16.9. The lowest BCUT2D eigenvalue weighted by Gasteiger charge is -2.28. The normalized spacial score (nSPS) is 14.5. The van der Waals surface area contributed by atoms with Crippen molar-refractivity contribution in [2.45, 2.75) is 140 Å². The van der Waals surface area contributed by atoms with Crippen LogP contribution in [0, 0.1) is 18.8 Å². The maximum absolute atomic E-state index is 6.06. The molecule has 0 amide bonds. The highest BCUT2D eigenvalue weighted by Gasteiger charge is 2.24. The number of hydrogen-bond donors (Lipinski definition) is 1. The first-order chi connectivity index (χ1) is 19.7. The molecule has 0 saturated heterocycles. The second kappa shape index (κ2) is 25.7. The summed E-state index contributed by atoms with van der Waals surface area (Å²) in [5.74, 6) is 1.45. The van der Waals surface area contributed by atoms with Crippen LogP contribution < -0.4 is 5.32 Å². The number of methoxy groups -OCH3 is 1. The molecule has 2 aromatic carbocycles. The largest absolute Gasteiger partial charge is 0.468 e. The van der Waals surface area contributed by atoms with Crippen LogP contribution in [-0.2, 0) is 4.74 Å². The van der Waals surface area contributed by atoms with E-state index in [9.17, 15) is 0 Å². The van der Waals surface area contributed by atoms with E-state index in [-0.39, 0.29) is 0 Å². The van der Waals surface area contributed by atoms with E-state index in [4.69, 9.17) is 16.3 Å². The maximum Gasteiger partial charge on any atom is 0.289 e. The number of amidine groups is 1. The number of nitrogens with zero attached hydrogens (tertiary/aromatic N) is 1. The molecule has 2 unspecified atom stereocenters. The van der Waals surface area contributed by atoms with Gasteiger partial charge in [-0.2, -0.15) is 0 Å². The van der Waals surface area contributed by atoms with Crippen molar-refractivity contribution in [3.63, 3.8) is 0 Å². The third-order valence-electron chi connectivity index (χ3n) is 7.00. The summed E-state index contributed by atoms with van der Waals surface area (Å²) in [6.45, 7) is 25.8. The van der Waals surface area contributed by atoms with Gasteiger partial charge in [0.1, 0.15) is 0 Å². The molecule has 0 radical (unpaired) electrons. The number of allylic oxidation sites excluding steroid dienone is 1. The number of unbranched alkanes of at least 4 members (excludes halogenated alkanes) is 2. The first kappa shape index (κ1) is 41.1. The van der Waals surface area contributed by atoms with Crippen LogP contribution in [0.3, 0.4) is 0 Å². The third kappa shape index (κ3) is 15.7. The number of fused-ring (bicyclic) bond motifs is 1. The van der Waals surface area contributed by atoms with Gasteiger partial charge in [-0.15, -0.1) is 0 Å². The topological polar surface area (TPSA) is 33.6 Å². The number of ether oxygens (including phenoxy) is 1. The highest BCUT2D eigenvalue weighted by Crippen LogP contribution is 2.27. The zero-order chi connectivity index (χ0) is 31.8. The standard InChI is InChI=1S/C13H24N2O.C11H9Cl.C9H20.2C2H6/c1-6-8-10-11(7-2)14-13(16-5)15-12(10)9(3)4;1-8-4-2-5-9-6-3-7-10(12)11(8)9;1-4-6-7-8-9(3)5-2;2*1-2/h9,11H,6-8H2,1-5H3,(H,14,15);2-7H,1H3;9H,4-8H2,1-3H3;2*1-2H3. The van der Waals surface area contributed by atoms with E-state index in [1.54, 1.807) is 7.11 Å². The van der Waals surface area contributed by atoms with Crippen LogP contribution in [0.1, 0.15) is 133 Å². The number of aliphatic imine (C=N–C) groups is 1. The summed E-state index contributed by atoms with van der Waals surface area (Å²) in [5, 5.41) is 6.53. The van der Waals surface area contributed by atoms with E-state index < -0.39 is 0 Å². The van der Waals surface area contributed by atoms with Gasteiger partial charge < -0.3 is 10.1 Å². The second-order valence-electron chi connectivity index (χ2n) is 10.5. The summed E-state index contributed by atoms with van der Waals surface area (Å²) < 4.78 is 5.23. The summed E-state index contributed by atoms with van der Waals surface area (Å²) in [7, 11) is 1.67. The average molecular weight is 589 g/mol. The van der Waals surface area contributed by atoms with Crippen molar-refractivity contribution in [3.05, 3.63) is 58.3 Å². The van der Waals surface area contributed by atoms with Gasteiger partial charge in [0, 0.05) is 16.1 Å². The molecule has 3 rings (SSSR count). The van der Waals surface area contributed by atoms with Gasteiger partial charge in [-0.25, -0.2) is 4.99 Å². The predicted molar refractivity (Wildman–Crippen MR) is 188 cm³/mol. The van der Waals surface area contributed by atoms with Gasteiger partial charge in [0.05, 0.1) is 13.2 Å². The van der Waals surface area contributed by atoms with Gasteiger partial charge in [-0.05, 0) is 54.2 Å². The van der Waals surface area contributed by atoms with Crippen molar-refractivity contribution in [2.75, 3.05) is 7.11 Å². The van der Waals surface area contributed by atoms with Crippen LogP contribution in [0.15, 0.2) is 52.7 Å². The fourth-order valence-corrected chi connectivity index (χ4v) is 4.91. The van der Waals surface area contributed by atoms with E-state index in [1.807, 2.05) is 45.9 Å². The van der Waals surface area contributed by atoms with Crippen molar-refractivity contribution < 1.29 is 4.74 Å². The molecule has 1 aliphatic heterocycles. The van der Waals surface area contributed by atoms with Crippen molar-refractivity contribution in [2.24, 2.45) is 16.8 Å². The molecule has 0 aliphatic carbocycles. The molecule has 1 heterocycles. The van der Waals surface area contributed by atoms with Crippen molar-refractivity contribution in [1.82, 2.24) is 5.32 Å². The molecule has 0 fully saturated rings. The summed E-state index contributed by atoms with van der Waals surface area (Å²) in [4.78, 5) is 4.58. The molecule has 0 bridgehead atoms. The minimum absolute atomic E-state index is 0.300. The maximum atomic E-state index is 6.06. The second-order valence-corrected chi connectivity index (χ2v) is 10.9. The highest BCUT2D eigenvalue weighted by molar-refractivity contribution is 6.35. The Hall–Kier alpha value is -2.00. The minimum Gasteiger partial charge on any atom is -0.468 e. The van der Waals surface area contributed by atoms with E-state index in [0.29, 0.717) is 18.0 Å². The molecular formula is C37H65ClN2O. The lowest BCUT2D eigenvalue weighted by Crippen LogP contribution is -2.35. The zero-order valence-electron chi connectivity index (χ0n) is 29.1. The Kier molecular flexibility index (Phi) is 25.8. The molecule has 4 heteroatoms. The zero-order valence-corrected chi connectivity index (χ0v) is 29.8. The summed E-state index contributed by atoms with van der Waals surface area (Å²) in [6.07, 6.45) is 10.3. The van der Waals surface area contributed by atoms with Gasteiger partial charge >= 0.3 is 0 Å². The minimum atomic E-state index is 0.300. The van der Waals surface area contributed by atoms with Crippen molar-refractivity contribution >= 4 is 28.4 Å². The Balaban J connectivity index is 0. The van der Waals surface area contributed by atoms with Crippen LogP contribution >= 0.6 is 11.6 Å². The lowest BCUT2D eigenvalue weighted by molar-refractivity contribution is 0.371. The third-order valence-corrected chi connectivity index (χ3v) is 7.31. The van der Waals surface area contributed by atoms with Gasteiger partial charge in [-0.1, -0.05) is 157 Å². The molecule has 1 N–H and O–H groups in total. The van der Waals surface area contributed by atoms with Crippen LogP contribution in [0.5, 0.6) is 0 Å². The van der Waals surface area contributed by atoms with Crippen molar-refractivity contribution in [3.8, 4) is 0 Å². The summed E-state index contributed by atoms with van der Waals surface area (Å²) >= 11 is 6.06. The van der Waals surface area contributed by atoms with E-state index in [1.165, 1.54) is 66.1 Å². The average Bonchev–Trinajstić information content (AvgIpc) is 3.00. The van der Waals surface area contributed by atoms with E-state index >= 15 is 0 Å². The van der Waals surface area contributed by atoms with E-state index in [0.717, 1.165) is 23.8 Å². The predicted octanol–water partition coefficient (Wildman–Crippen LogP) is 12.5. The van der Waals surface area contributed by atoms with Gasteiger partial charge in [0.15, 0.2) is 0 Å². The van der Waals surface area contributed by atoms with Crippen LogP contribution in [0.25, 0.3) is 10.8 Å². The van der Waals surface area contributed by atoms with Gasteiger partial charge in [0.2, 0.25) is 0 Å². The van der Waals surface area contributed by atoms with Gasteiger partial charge in [-0.3, -0.25) is 0 Å². The molecule has 2 atom stereocenters. The smallest absolute Gasteiger partial charge is 0.289 e. The molecule has 2 aromatic rings. The number of benzene rings is 2. The molecule has 1 aliphatic rings. The fourth-order valence-electron chi connectivity index (χ4n) is 4.58. The van der Waals surface area contributed by atoms with Crippen LogP contribution in [0.2, 0.25) is 5.02 Å². The van der Waals surface area contributed by atoms with Crippen LogP contribution in [0.4, 0.5) is 0 Å². The quantitative estimate of drug-likeness (QED) is 0.295. The lowest BCUT2D eigenvalue weighted by atomic mass is 9.92. The number of aryl methyl sites for hydroxylation is 1. The molecular weight excluding hydrogens is 524 g/mol. The Labute approximate surface area is 260 Å². The number of hydrogen-bond acceptors (Lipinski definition) is 3. The Morgan fingerprint density at radius 3 is 1.98 bits per heavy atom. The van der Waals surface area contributed by atoms with Gasteiger partial charge in [0.25, 0.3) is 6.02 Å². The molecule has 0 spiro atoms. The Morgan fingerprint density at radius 1 is 0.902 bits per heavy atom. The number of rotatable bonds is 9. The number of nitrogens with one attached hydrogen (secondary N) is 1. The summed E-state index contributed by atoms with van der Waals surface area (Å²) in [5.41, 5.74) is 4.00. The van der Waals surface area contributed by atoms with Crippen LogP contribution in [-0.4, -0.2) is 19.2 Å².